The highest BCUT2D eigenvalue weighted by Gasteiger charge is 2.29. The monoisotopic (exact) mass is 437 g/mol. The van der Waals surface area contributed by atoms with Crippen LogP contribution in [0.2, 0.25) is 0 Å². The van der Waals surface area contributed by atoms with Gasteiger partial charge in [0, 0.05) is 39.3 Å². The van der Waals surface area contributed by atoms with Crippen LogP contribution in [-0.2, 0) is 10.0 Å². The number of aromatic nitrogens is 2. The normalized spacial score (nSPS) is 19.0. The van der Waals surface area contributed by atoms with Crippen molar-refractivity contribution in [3.05, 3.63) is 42.0 Å². The van der Waals surface area contributed by atoms with Crippen molar-refractivity contribution in [2.75, 3.05) is 49.1 Å². The molecule has 30 heavy (non-hydrogen) atoms. The van der Waals surface area contributed by atoms with Gasteiger partial charge in [0.05, 0.1) is 4.90 Å². The minimum Gasteiger partial charge on any atom is -0.355 e. The highest BCUT2D eigenvalue weighted by Crippen LogP contribution is 2.23. The van der Waals surface area contributed by atoms with Crippen LogP contribution in [0.25, 0.3) is 0 Å². The molecule has 0 radical (unpaired) electrons. The Morgan fingerprint density at radius 3 is 1.80 bits per heavy atom. The molecule has 0 spiro atoms. The van der Waals surface area contributed by atoms with E-state index in [-0.39, 0.29) is 18.0 Å². The lowest BCUT2D eigenvalue weighted by Crippen LogP contribution is -2.49. The Bertz CT molecular complexity index is 971. The fourth-order valence-electron chi connectivity index (χ4n) is 3.90. The number of halogens is 2. The van der Waals surface area contributed by atoms with Crippen molar-refractivity contribution in [1.82, 2.24) is 14.5 Å². The number of benzene rings is 1. The van der Waals surface area contributed by atoms with E-state index in [1.54, 1.807) is 0 Å². The summed E-state index contributed by atoms with van der Waals surface area (Å²) in [4.78, 5) is 4.00. The third-order valence-electron chi connectivity index (χ3n) is 5.66. The average molecular weight is 438 g/mol. The van der Waals surface area contributed by atoms with E-state index >= 15 is 0 Å². The van der Waals surface area contributed by atoms with Crippen molar-refractivity contribution >= 4 is 21.7 Å². The molecule has 7 nitrogen and oxygen atoms in total. The van der Waals surface area contributed by atoms with E-state index in [0.717, 1.165) is 49.9 Å². The molecule has 10 heteroatoms. The molecule has 0 bridgehead atoms. The SMILES string of the molecule is O=S(=O)(c1ccc(F)c(F)c1)N1CCN(c2ccc(N3CCCCCC3)nn2)CC1. The van der Waals surface area contributed by atoms with Crippen LogP contribution in [0.15, 0.2) is 35.2 Å². The van der Waals surface area contributed by atoms with Gasteiger partial charge in [0.2, 0.25) is 10.0 Å². The maximum atomic E-state index is 13.5. The summed E-state index contributed by atoms with van der Waals surface area (Å²) < 4.78 is 53.3. The summed E-state index contributed by atoms with van der Waals surface area (Å²) >= 11 is 0. The number of rotatable bonds is 4. The van der Waals surface area contributed by atoms with Crippen molar-refractivity contribution in [2.24, 2.45) is 0 Å². The van der Waals surface area contributed by atoms with Gasteiger partial charge in [0.25, 0.3) is 0 Å². The molecule has 2 fully saturated rings. The number of anilines is 2. The molecule has 0 N–H and O–H groups in total. The molecule has 4 rings (SSSR count). The standard InChI is InChI=1S/C20H25F2N5O2S/c21-17-6-5-16(15-18(17)22)30(28,29)27-13-11-26(12-14-27)20-8-7-19(23-24-20)25-9-3-1-2-4-10-25/h5-8,15H,1-4,9-14H2. The van der Waals surface area contributed by atoms with Gasteiger partial charge in [-0.2, -0.15) is 4.31 Å². The number of hydrogen-bond acceptors (Lipinski definition) is 6. The van der Waals surface area contributed by atoms with Crippen LogP contribution < -0.4 is 9.80 Å². The second-order valence-corrected chi connectivity index (χ2v) is 9.56. The topological polar surface area (TPSA) is 69.6 Å². The van der Waals surface area contributed by atoms with Crippen LogP contribution in [0, 0.1) is 11.6 Å². The predicted octanol–water partition coefficient (Wildman–Crippen LogP) is 2.65. The zero-order valence-electron chi connectivity index (χ0n) is 16.7. The number of sulfonamides is 1. The Morgan fingerprint density at radius 2 is 1.27 bits per heavy atom. The van der Waals surface area contributed by atoms with Gasteiger partial charge in [-0.25, -0.2) is 17.2 Å². The summed E-state index contributed by atoms with van der Waals surface area (Å²) in [5, 5.41) is 8.73. The van der Waals surface area contributed by atoms with E-state index in [4.69, 9.17) is 0 Å². The maximum Gasteiger partial charge on any atom is 0.243 e. The lowest BCUT2D eigenvalue weighted by atomic mass is 10.2. The van der Waals surface area contributed by atoms with Gasteiger partial charge in [0.1, 0.15) is 0 Å². The van der Waals surface area contributed by atoms with Gasteiger partial charge in [-0.05, 0) is 43.2 Å². The van der Waals surface area contributed by atoms with E-state index in [2.05, 4.69) is 15.1 Å². The molecular formula is C20H25F2N5O2S. The maximum absolute atomic E-state index is 13.5. The lowest BCUT2D eigenvalue weighted by molar-refractivity contribution is 0.383. The first-order valence-corrected chi connectivity index (χ1v) is 11.7. The van der Waals surface area contributed by atoms with Crippen LogP contribution in [-0.4, -0.2) is 62.2 Å². The largest absolute Gasteiger partial charge is 0.355 e. The van der Waals surface area contributed by atoms with Crippen molar-refractivity contribution in [2.45, 2.75) is 30.6 Å². The number of nitrogens with zero attached hydrogens (tertiary/aromatic N) is 5. The molecule has 0 saturated carbocycles. The van der Waals surface area contributed by atoms with Crippen molar-refractivity contribution in [3.63, 3.8) is 0 Å². The molecule has 0 atom stereocenters. The molecule has 0 amide bonds. The molecule has 2 saturated heterocycles. The summed E-state index contributed by atoms with van der Waals surface area (Å²) in [6, 6.07) is 6.54. The smallest absolute Gasteiger partial charge is 0.243 e. The molecule has 1 aromatic heterocycles. The Labute approximate surface area is 175 Å². The molecule has 0 unspecified atom stereocenters. The summed E-state index contributed by atoms with van der Waals surface area (Å²) in [6.07, 6.45) is 4.83. The third-order valence-corrected chi connectivity index (χ3v) is 7.55. The summed E-state index contributed by atoms with van der Waals surface area (Å²) in [6.45, 7) is 3.35. The first-order chi connectivity index (χ1) is 14.4. The second kappa shape index (κ2) is 8.81. The quantitative estimate of drug-likeness (QED) is 0.733. The van der Waals surface area contributed by atoms with Gasteiger partial charge in [-0.3, -0.25) is 0 Å². The van der Waals surface area contributed by atoms with E-state index in [1.807, 2.05) is 17.0 Å². The summed E-state index contributed by atoms with van der Waals surface area (Å²) in [5.74, 6) is -0.658. The third kappa shape index (κ3) is 4.39. The van der Waals surface area contributed by atoms with Crippen molar-refractivity contribution in [1.29, 1.82) is 0 Å². The Balaban J connectivity index is 1.39. The first kappa shape index (κ1) is 20.9. The van der Waals surface area contributed by atoms with E-state index < -0.39 is 21.7 Å². The van der Waals surface area contributed by atoms with Crippen molar-refractivity contribution < 1.29 is 17.2 Å². The predicted molar refractivity (Wildman–Crippen MR) is 110 cm³/mol. The minimum absolute atomic E-state index is 0.233. The zero-order valence-corrected chi connectivity index (χ0v) is 17.5. The van der Waals surface area contributed by atoms with Gasteiger partial charge in [-0.15, -0.1) is 10.2 Å². The van der Waals surface area contributed by atoms with Crippen LogP contribution >= 0.6 is 0 Å². The van der Waals surface area contributed by atoms with Crippen molar-refractivity contribution in [3.8, 4) is 0 Å². The average Bonchev–Trinajstić information content (AvgIpc) is 3.05. The molecule has 2 aliphatic heterocycles. The second-order valence-electron chi connectivity index (χ2n) is 7.62. The highest BCUT2D eigenvalue weighted by atomic mass is 32.2. The lowest BCUT2D eigenvalue weighted by Gasteiger charge is -2.34. The van der Waals surface area contributed by atoms with Crippen LogP contribution in [0.5, 0.6) is 0 Å². The minimum atomic E-state index is -3.87. The fraction of sp³-hybridized carbons (Fsp3) is 0.500. The molecule has 1 aromatic carbocycles. The van der Waals surface area contributed by atoms with E-state index in [1.165, 1.54) is 17.1 Å². The van der Waals surface area contributed by atoms with Gasteiger partial charge in [-0.1, -0.05) is 12.8 Å². The Morgan fingerprint density at radius 1 is 0.700 bits per heavy atom. The fourth-order valence-corrected chi connectivity index (χ4v) is 5.33. The van der Waals surface area contributed by atoms with Gasteiger partial charge < -0.3 is 9.80 Å². The van der Waals surface area contributed by atoms with E-state index in [9.17, 15) is 17.2 Å². The summed E-state index contributed by atoms with van der Waals surface area (Å²) in [5.41, 5.74) is 0. The van der Waals surface area contributed by atoms with E-state index in [0.29, 0.717) is 18.9 Å². The molecule has 3 heterocycles. The Hall–Kier alpha value is -2.33. The van der Waals surface area contributed by atoms with Crippen LogP contribution in [0.3, 0.4) is 0 Å². The van der Waals surface area contributed by atoms with Crippen LogP contribution in [0.1, 0.15) is 25.7 Å². The molecular weight excluding hydrogens is 412 g/mol. The van der Waals surface area contributed by atoms with Crippen LogP contribution in [0.4, 0.5) is 20.4 Å². The highest BCUT2D eigenvalue weighted by molar-refractivity contribution is 7.89. The Kier molecular flexibility index (Phi) is 6.14. The number of piperazine rings is 1. The first-order valence-electron chi connectivity index (χ1n) is 10.2. The van der Waals surface area contributed by atoms with Gasteiger partial charge in [0.15, 0.2) is 23.3 Å². The molecule has 0 aliphatic carbocycles. The molecule has 2 aromatic rings. The van der Waals surface area contributed by atoms with Gasteiger partial charge >= 0.3 is 0 Å². The molecule has 162 valence electrons. The zero-order chi connectivity index (χ0) is 21.1. The molecule has 2 aliphatic rings. The number of hydrogen-bond donors (Lipinski definition) is 0. The summed E-state index contributed by atoms with van der Waals surface area (Å²) in [7, 11) is -3.87.